The molecule has 4 nitrogen and oxygen atoms in total. The van der Waals surface area contributed by atoms with Gasteiger partial charge >= 0.3 is 0 Å². The Bertz CT molecular complexity index is 2000. The molecular weight excluding hydrogens is 560 g/mol. The van der Waals surface area contributed by atoms with Gasteiger partial charge in [-0.2, -0.15) is 0 Å². The highest BCUT2D eigenvalue weighted by Gasteiger charge is 2.29. The number of rotatable bonds is 7. The molecule has 7 rings (SSSR count). The minimum Gasteiger partial charge on any atom is -0.295 e. The summed E-state index contributed by atoms with van der Waals surface area (Å²) in [5.41, 5.74) is 10.4. The van der Waals surface area contributed by atoms with Gasteiger partial charge in [0.25, 0.3) is 0 Å². The number of fused-ring (bicyclic) bond motifs is 3. The van der Waals surface area contributed by atoms with Crippen molar-refractivity contribution in [1.82, 2.24) is 9.97 Å². The van der Waals surface area contributed by atoms with Crippen LogP contribution in [-0.2, 0) is 0 Å². The largest absolute Gasteiger partial charge is 0.295 e. The van der Waals surface area contributed by atoms with E-state index in [0.29, 0.717) is 11.8 Å². The van der Waals surface area contributed by atoms with E-state index in [-0.39, 0.29) is 0 Å². The molecule has 2 heterocycles. The van der Waals surface area contributed by atoms with Gasteiger partial charge in [-0.15, -0.1) is 0 Å². The predicted octanol–water partition coefficient (Wildman–Crippen LogP) is 11.2. The fraction of sp³-hybridized carbons (Fsp3) is 0.190. The van der Waals surface area contributed by atoms with Crippen molar-refractivity contribution in [3.63, 3.8) is 0 Å². The molecule has 1 unspecified atom stereocenters. The summed E-state index contributed by atoms with van der Waals surface area (Å²) in [5.74, 6) is 2.65. The maximum Gasteiger partial charge on any atom is 0.137 e. The van der Waals surface area contributed by atoms with Crippen LogP contribution in [0.3, 0.4) is 0 Å². The van der Waals surface area contributed by atoms with E-state index in [4.69, 9.17) is 9.97 Å². The lowest BCUT2D eigenvalue weighted by Crippen LogP contribution is -2.25. The fourth-order valence-corrected chi connectivity index (χ4v) is 6.76. The Morgan fingerprint density at radius 2 is 1.46 bits per heavy atom. The number of aryl methyl sites for hydroxylation is 2. The summed E-state index contributed by atoms with van der Waals surface area (Å²) < 4.78 is 0. The summed E-state index contributed by atoms with van der Waals surface area (Å²) in [7, 11) is 0. The van der Waals surface area contributed by atoms with Crippen LogP contribution in [0.15, 0.2) is 128 Å². The maximum absolute atomic E-state index is 4.93. The van der Waals surface area contributed by atoms with E-state index in [1.54, 1.807) is 0 Å². The molecule has 2 aliphatic rings. The van der Waals surface area contributed by atoms with Crippen molar-refractivity contribution in [3.05, 3.63) is 156 Å². The fourth-order valence-electron chi connectivity index (χ4n) is 6.76. The van der Waals surface area contributed by atoms with E-state index in [9.17, 15) is 0 Å². The molecule has 2 aliphatic carbocycles. The second kappa shape index (κ2) is 12.3. The van der Waals surface area contributed by atoms with Crippen molar-refractivity contribution in [3.8, 4) is 0 Å². The average Bonchev–Trinajstić information content (AvgIpc) is 3.08. The van der Waals surface area contributed by atoms with Gasteiger partial charge in [-0.3, -0.25) is 9.80 Å². The van der Waals surface area contributed by atoms with E-state index in [2.05, 4.69) is 147 Å². The molecule has 0 saturated heterocycles. The highest BCUT2D eigenvalue weighted by molar-refractivity contribution is 6.03. The Morgan fingerprint density at radius 3 is 2.09 bits per heavy atom. The summed E-state index contributed by atoms with van der Waals surface area (Å²) in [5, 5.41) is 2.45. The molecule has 0 saturated carbocycles. The molecule has 228 valence electrons. The highest BCUT2D eigenvalue weighted by atomic mass is 15.2. The third-order valence-corrected chi connectivity index (χ3v) is 9.18. The molecule has 0 fully saturated rings. The van der Waals surface area contributed by atoms with Gasteiger partial charge in [0.15, 0.2) is 0 Å². The molecule has 4 heteroatoms. The normalized spacial score (nSPS) is 17.2. The molecule has 46 heavy (non-hydrogen) atoms. The minimum absolute atomic E-state index is 0.322. The molecule has 2 aromatic heterocycles. The summed E-state index contributed by atoms with van der Waals surface area (Å²) in [4.78, 5) is 14.4. The number of nitrogens with zero attached hydrogens (tertiary/aromatic N) is 4. The Balaban J connectivity index is 1.45. The van der Waals surface area contributed by atoms with Crippen LogP contribution in [0.25, 0.3) is 22.5 Å². The van der Waals surface area contributed by atoms with Crippen molar-refractivity contribution in [2.75, 3.05) is 9.80 Å². The monoisotopic (exact) mass is 600 g/mol. The summed E-state index contributed by atoms with van der Waals surface area (Å²) in [6.45, 7) is 13.2. The quantitative estimate of drug-likeness (QED) is 0.186. The second-order valence-electron chi connectivity index (χ2n) is 12.6. The van der Waals surface area contributed by atoms with Gasteiger partial charge in [-0.1, -0.05) is 93.3 Å². The van der Waals surface area contributed by atoms with E-state index >= 15 is 0 Å². The van der Waals surface area contributed by atoms with Crippen LogP contribution in [-0.4, -0.2) is 9.97 Å². The molecule has 0 amide bonds. The first kappa shape index (κ1) is 29.5. The smallest absolute Gasteiger partial charge is 0.137 e. The number of benzene rings is 3. The van der Waals surface area contributed by atoms with Crippen molar-refractivity contribution >= 4 is 45.6 Å². The van der Waals surface area contributed by atoms with Crippen LogP contribution in [0.4, 0.5) is 23.0 Å². The topological polar surface area (TPSA) is 32.3 Å². The maximum atomic E-state index is 4.93. The lowest BCUT2D eigenvalue weighted by atomic mass is 9.80. The van der Waals surface area contributed by atoms with Crippen LogP contribution in [0.2, 0.25) is 0 Å². The number of pyridine rings is 2. The predicted molar refractivity (Wildman–Crippen MR) is 195 cm³/mol. The van der Waals surface area contributed by atoms with E-state index in [1.807, 2.05) is 18.5 Å². The molecule has 0 radical (unpaired) electrons. The van der Waals surface area contributed by atoms with Gasteiger partial charge in [0.05, 0.1) is 11.4 Å². The first-order valence-corrected chi connectivity index (χ1v) is 16.2. The van der Waals surface area contributed by atoms with Crippen LogP contribution < -0.4 is 9.80 Å². The second-order valence-corrected chi connectivity index (χ2v) is 12.6. The third-order valence-electron chi connectivity index (χ3n) is 9.18. The Kier molecular flexibility index (Phi) is 7.88. The van der Waals surface area contributed by atoms with Gasteiger partial charge in [0.2, 0.25) is 0 Å². The number of hydrogen-bond donors (Lipinski definition) is 0. The van der Waals surface area contributed by atoms with Gasteiger partial charge < -0.3 is 0 Å². The van der Waals surface area contributed by atoms with Crippen LogP contribution in [0, 0.1) is 19.8 Å². The number of allylic oxidation sites excluding steroid dienone is 4. The lowest BCUT2D eigenvalue weighted by Gasteiger charge is -2.35. The summed E-state index contributed by atoms with van der Waals surface area (Å²) >= 11 is 0. The zero-order chi connectivity index (χ0) is 31.8. The number of hydrogen-bond acceptors (Lipinski definition) is 4. The van der Waals surface area contributed by atoms with E-state index < -0.39 is 0 Å². The number of aromatic nitrogens is 2. The van der Waals surface area contributed by atoms with Gasteiger partial charge in [0, 0.05) is 34.9 Å². The molecule has 3 aromatic carbocycles. The molecule has 0 spiro atoms. The summed E-state index contributed by atoms with van der Waals surface area (Å²) in [6.07, 6.45) is 17.2. The standard InChI is InChI=1S/C42H40N4/c1-6-35-37(45(33-10-8-7-9-11-33)39-24-14-29(3)26-43-39)23-18-32-17-21-36-38(22-16-31(5)41(36)42(32)35)46(34-19-12-28(2)13-20-34)40-25-15-30(4)27-44-40/h6-12,14-15,17-28,31H,1,13,16H2,2-5H3/t28-,31?/m1/s1. The van der Waals surface area contributed by atoms with Gasteiger partial charge in [0.1, 0.15) is 11.6 Å². The SMILES string of the molecule is C=Cc1c(N(c2ccccc2)c2ccc(C)cn2)ccc2ccc3c(c12)C(C)CC=C3N(C1=CC[C@H](C)C=C1)c1ccc(C)cn1. The van der Waals surface area contributed by atoms with Crippen LogP contribution in [0.1, 0.15) is 60.4 Å². The minimum atomic E-state index is 0.322. The van der Waals surface area contributed by atoms with Crippen LogP contribution in [0.5, 0.6) is 0 Å². The lowest BCUT2D eigenvalue weighted by molar-refractivity contribution is 0.727. The average molecular weight is 601 g/mol. The zero-order valence-electron chi connectivity index (χ0n) is 27.1. The van der Waals surface area contributed by atoms with Crippen molar-refractivity contribution in [1.29, 1.82) is 0 Å². The molecular formula is C42H40N4. The van der Waals surface area contributed by atoms with Crippen molar-refractivity contribution in [2.45, 2.75) is 46.5 Å². The first-order chi connectivity index (χ1) is 22.4. The molecule has 0 bridgehead atoms. The van der Waals surface area contributed by atoms with E-state index in [1.165, 1.54) is 33.3 Å². The molecule has 0 aliphatic heterocycles. The molecule has 5 aromatic rings. The van der Waals surface area contributed by atoms with Crippen LogP contribution >= 0.6 is 0 Å². The number of anilines is 4. The Hall–Kier alpha value is -5.22. The van der Waals surface area contributed by atoms with Gasteiger partial charge in [-0.25, -0.2) is 9.97 Å². The van der Waals surface area contributed by atoms with Gasteiger partial charge in [-0.05, 0) is 102 Å². The number of para-hydroxylation sites is 1. The van der Waals surface area contributed by atoms with Crippen molar-refractivity contribution in [2.24, 2.45) is 5.92 Å². The zero-order valence-corrected chi connectivity index (χ0v) is 27.1. The third kappa shape index (κ3) is 5.34. The molecule has 2 atom stereocenters. The summed E-state index contributed by atoms with van der Waals surface area (Å²) in [6, 6.07) is 28.0. The molecule has 0 N–H and O–H groups in total. The first-order valence-electron chi connectivity index (χ1n) is 16.2. The van der Waals surface area contributed by atoms with E-state index in [0.717, 1.165) is 52.5 Å². The van der Waals surface area contributed by atoms with Crippen molar-refractivity contribution < 1.29 is 0 Å². The highest BCUT2D eigenvalue weighted by Crippen LogP contribution is 2.47. The Labute approximate surface area is 272 Å². The Morgan fingerprint density at radius 1 is 0.761 bits per heavy atom.